The van der Waals surface area contributed by atoms with Crippen LogP contribution in [-0.4, -0.2) is 25.1 Å². The van der Waals surface area contributed by atoms with Gasteiger partial charge in [0.1, 0.15) is 0 Å². The number of nitrogen functional groups attached to an aromatic ring is 2. The Morgan fingerprint density at radius 2 is 2.07 bits per heavy atom. The molecule has 0 saturated carbocycles. The standard InChI is InChI=1S/C7H9N7O/c8-5-4-6(14-7(9)13-5)10-1-3(12-4)2-11-15/h1,11,15H,2H2,(H4,8,9,10,13,14). The number of anilines is 2. The van der Waals surface area contributed by atoms with Crippen LogP contribution in [0, 0.1) is 0 Å². The maximum atomic E-state index is 8.50. The second-order valence-electron chi connectivity index (χ2n) is 2.84. The lowest BCUT2D eigenvalue weighted by atomic mass is 10.4. The largest absolute Gasteiger partial charge is 0.382 e. The normalized spacial score (nSPS) is 10.7. The van der Waals surface area contributed by atoms with Crippen molar-refractivity contribution in [3.8, 4) is 0 Å². The highest BCUT2D eigenvalue weighted by molar-refractivity contribution is 5.81. The average Bonchev–Trinajstić information content (AvgIpc) is 2.19. The van der Waals surface area contributed by atoms with Gasteiger partial charge in [-0.2, -0.15) is 15.4 Å². The molecule has 8 heteroatoms. The zero-order valence-electron chi connectivity index (χ0n) is 7.68. The predicted octanol–water partition coefficient (Wildman–Crippen LogP) is -0.937. The molecule has 2 heterocycles. The van der Waals surface area contributed by atoms with E-state index in [1.807, 2.05) is 5.48 Å². The van der Waals surface area contributed by atoms with Crippen LogP contribution < -0.4 is 16.9 Å². The van der Waals surface area contributed by atoms with Crippen molar-refractivity contribution in [2.45, 2.75) is 6.54 Å². The van der Waals surface area contributed by atoms with Gasteiger partial charge in [-0.15, -0.1) is 0 Å². The molecular formula is C7H9N7O. The average molecular weight is 207 g/mol. The first-order valence-electron chi connectivity index (χ1n) is 4.12. The molecule has 15 heavy (non-hydrogen) atoms. The van der Waals surface area contributed by atoms with Gasteiger partial charge in [-0.05, 0) is 0 Å². The zero-order valence-corrected chi connectivity index (χ0v) is 7.68. The van der Waals surface area contributed by atoms with Crippen molar-refractivity contribution in [3.05, 3.63) is 11.9 Å². The van der Waals surface area contributed by atoms with E-state index in [1.165, 1.54) is 6.20 Å². The highest BCUT2D eigenvalue weighted by Gasteiger charge is 2.06. The van der Waals surface area contributed by atoms with E-state index in [4.69, 9.17) is 16.7 Å². The van der Waals surface area contributed by atoms with E-state index < -0.39 is 0 Å². The van der Waals surface area contributed by atoms with Crippen LogP contribution in [0.1, 0.15) is 5.69 Å². The molecule has 2 aromatic rings. The molecule has 0 aromatic carbocycles. The molecule has 0 aliphatic rings. The number of aromatic nitrogens is 4. The summed E-state index contributed by atoms with van der Waals surface area (Å²) in [6, 6.07) is 0. The smallest absolute Gasteiger partial charge is 0.224 e. The Kier molecular flexibility index (Phi) is 2.27. The minimum Gasteiger partial charge on any atom is -0.382 e. The molecule has 0 aliphatic heterocycles. The van der Waals surface area contributed by atoms with Crippen molar-refractivity contribution < 1.29 is 5.21 Å². The van der Waals surface area contributed by atoms with Crippen LogP contribution in [0.25, 0.3) is 11.2 Å². The fourth-order valence-electron chi connectivity index (χ4n) is 1.15. The summed E-state index contributed by atoms with van der Waals surface area (Å²) < 4.78 is 0. The second kappa shape index (κ2) is 3.59. The Morgan fingerprint density at radius 3 is 2.80 bits per heavy atom. The summed E-state index contributed by atoms with van der Waals surface area (Å²) in [5.41, 5.74) is 14.2. The summed E-state index contributed by atoms with van der Waals surface area (Å²) in [7, 11) is 0. The van der Waals surface area contributed by atoms with E-state index in [2.05, 4.69) is 19.9 Å². The second-order valence-corrected chi connectivity index (χ2v) is 2.84. The van der Waals surface area contributed by atoms with E-state index in [9.17, 15) is 0 Å². The first-order valence-corrected chi connectivity index (χ1v) is 4.12. The Hall–Kier alpha value is -2.06. The molecule has 0 unspecified atom stereocenters. The predicted molar refractivity (Wildman–Crippen MR) is 52.6 cm³/mol. The van der Waals surface area contributed by atoms with E-state index >= 15 is 0 Å². The third-order valence-electron chi connectivity index (χ3n) is 1.76. The van der Waals surface area contributed by atoms with E-state index in [1.54, 1.807) is 0 Å². The molecule has 0 bridgehead atoms. The van der Waals surface area contributed by atoms with Crippen LogP contribution in [0.2, 0.25) is 0 Å². The summed E-state index contributed by atoms with van der Waals surface area (Å²) >= 11 is 0. The fourth-order valence-corrected chi connectivity index (χ4v) is 1.15. The van der Waals surface area contributed by atoms with Crippen LogP contribution >= 0.6 is 0 Å². The van der Waals surface area contributed by atoms with Crippen molar-refractivity contribution in [1.82, 2.24) is 25.4 Å². The van der Waals surface area contributed by atoms with Gasteiger partial charge in [0.05, 0.1) is 18.4 Å². The minimum atomic E-state index is 0.0577. The van der Waals surface area contributed by atoms with Crippen molar-refractivity contribution in [3.63, 3.8) is 0 Å². The first-order chi connectivity index (χ1) is 7.20. The number of nitrogens with two attached hydrogens (primary N) is 2. The topological polar surface area (TPSA) is 136 Å². The maximum Gasteiger partial charge on any atom is 0.224 e. The molecule has 0 amide bonds. The Morgan fingerprint density at radius 1 is 1.27 bits per heavy atom. The number of hydroxylamine groups is 1. The molecule has 0 spiro atoms. The molecule has 0 fully saturated rings. The van der Waals surface area contributed by atoms with Crippen molar-refractivity contribution in [2.24, 2.45) is 0 Å². The molecule has 0 saturated heterocycles. The van der Waals surface area contributed by atoms with E-state index in [0.29, 0.717) is 16.9 Å². The van der Waals surface area contributed by atoms with E-state index in [0.717, 1.165) is 0 Å². The third kappa shape index (κ3) is 1.75. The number of fused-ring (bicyclic) bond motifs is 1. The molecule has 0 aliphatic carbocycles. The minimum absolute atomic E-state index is 0.0577. The summed E-state index contributed by atoms with van der Waals surface area (Å²) in [4.78, 5) is 15.7. The maximum absolute atomic E-state index is 8.50. The third-order valence-corrected chi connectivity index (χ3v) is 1.76. The van der Waals surface area contributed by atoms with Crippen LogP contribution in [-0.2, 0) is 6.54 Å². The summed E-state index contributed by atoms with van der Waals surface area (Å²) in [6.45, 7) is 0.173. The molecule has 0 atom stereocenters. The van der Waals surface area contributed by atoms with Gasteiger partial charge in [-0.25, -0.2) is 9.97 Å². The first kappa shape index (κ1) is 9.49. The van der Waals surface area contributed by atoms with Crippen LogP contribution in [0.3, 0.4) is 0 Å². The highest BCUT2D eigenvalue weighted by Crippen LogP contribution is 2.14. The van der Waals surface area contributed by atoms with Crippen molar-refractivity contribution in [2.75, 3.05) is 11.5 Å². The number of nitrogens with one attached hydrogen (secondary N) is 1. The van der Waals surface area contributed by atoms with Gasteiger partial charge in [0.25, 0.3) is 0 Å². The lowest BCUT2D eigenvalue weighted by Gasteiger charge is -2.02. The van der Waals surface area contributed by atoms with Crippen molar-refractivity contribution >= 4 is 22.9 Å². The highest BCUT2D eigenvalue weighted by atomic mass is 16.5. The van der Waals surface area contributed by atoms with Crippen LogP contribution in [0.4, 0.5) is 11.8 Å². The van der Waals surface area contributed by atoms with Gasteiger partial charge in [-0.3, -0.25) is 0 Å². The molecule has 6 N–H and O–H groups in total. The van der Waals surface area contributed by atoms with Crippen LogP contribution in [0.5, 0.6) is 0 Å². The number of rotatable bonds is 2. The quantitative estimate of drug-likeness (QED) is 0.463. The Labute approximate surface area is 84.3 Å². The molecule has 0 radical (unpaired) electrons. The molecule has 2 aromatic heterocycles. The lowest BCUT2D eigenvalue weighted by molar-refractivity contribution is 0.160. The van der Waals surface area contributed by atoms with Gasteiger partial charge >= 0.3 is 0 Å². The van der Waals surface area contributed by atoms with Crippen LogP contribution in [0.15, 0.2) is 6.20 Å². The summed E-state index contributed by atoms with van der Waals surface area (Å²) in [5, 5.41) is 8.50. The lowest BCUT2D eigenvalue weighted by Crippen LogP contribution is -2.10. The van der Waals surface area contributed by atoms with Crippen molar-refractivity contribution in [1.29, 1.82) is 0 Å². The Bertz CT molecular complexity index is 500. The number of hydrogen-bond donors (Lipinski definition) is 4. The molecule has 2 rings (SSSR count). The summed E-state index contributed by atoms with van der Waals surface area (Å²) in [5.74, 6) is 0.229. The number of nitrogens with zero attached hydrogens (tertiary/aromatic N) is 4. The monoisotopic (exact) mass is 207 g/mol. The van der Waals surface area contributed by atoms with Gasteiger partial charge < -0.3 is 16.7 Å². The summed E-state index contributed by atoms with van der Waals surface area (Å²) in [6.07, 6.45) is 1.47. The van der Waals surface area contributed by atoms with Gasteiger partial charge in [0, 0.05) is 0 Å². The molecular weight excluding hydrogens is 198 g/mol. The molecule has 8 nitrogen and oxygen atoms in total. The molecule has 78 valence electrons. The van der Waals surface area contributed by atoms with Gasteiger partial charge in [0.15, 0.2) is 17.0 Å². The van der Waals surface area contributed by atoms with E-state index in [-0.39, 0.29) is 18.3 Å². The fraction of sp³-hybridized carbons (Fsp3) is 0.143. The SMILES string of the molecule is Nc1nc(N)c2nc(CNO)cnc2n1. The Balaban J connectivity index is 2.60. The number of hydrogen-bond acceptors (Lipinski definition) is 8. The van der Waals surface area contributed by atoms with Gasteiger partial charge in [-0.1, -0.05) is 0 Å². The van der Waals surface area contributed by atoms with Gasteiger partial charge in [0.2, 0.25) is 5.95 Å². The zero-order chi connectivity index (χ0) is 10.8.